The molecule has 6 heteroatoms. The molecular formula is C27H38N2O4. The van der Waals surface area contributed by atoms with Crippen molar-refractivity contribution >= 4 is 11.8 Å². The molecule has 0 unspecified atom stereocenters. The second-order valence-corrected chi connectivity index (χ2v) is 7.99. The zero-order valence-corrected chi connectivity index (χ0v) is 20.5. The molecule has 2 aromatic rings. The van der Waals surface area contributed by atoms with Gasteiger partial charge in [0.25, 0.3) is 11.8 Å². The second-order valence-electron chi connectivity index (χ2n) is 7.99. The molecule has 0 aliphatic rings. The fourth-order valence-electron chi connectivity index (χ4n) is 3.77. The highest BCUT2D eigenvalue weighted by molar-refractivity contribution is 5.94. The summed E-state index contributed by atoms with van der Waals surface area (Å²) in [6.45, 7) is 6.95. The highest BCUT2D eigenvalue weighted by Gasteiger charge is 2.15. The van der Waals surface area contributed by atoms with Crippen LogP contribution in [0.2, 0.25) is 0 Å². The molecule has 0 fully saturated rings. The lowest BCUT2D eigenvalue weighted by Gasteiger charge is -2.22. The standard InChI is InChI=1S/C27H38N2O4/c1-5-28(26(30)22-12-16-24(32-3)17-13-22)20-10-8-7-9-11-21-29(6-2)27(31)23-14-18-25(33-4)19-15-23/h12-19H,5-11,20-21H2,1-4H3. The summed E-state index contributed by atoms with van der Waals surface area (Å²) in [5.74, 6) is 1.63. The van der Waals surface area contributed by atoms with E-state index in [1.165, 1.54) is 0 Å². The van der Waals surface area contributed by atoms with Gasteiger partial charge < -0.3 is 19.3 Å². The average Bonchev–Trinajstić information content (AvgIpc) is 2.87. The van der Waals surface area contributed by atoms with Crippen LogP contribution < -0.4 is 9.47 Å². The number of rotatable bonds is 14. The van der Waals surface area contributed by atoms with E-state index in [4.69, 9.17) is 9.47 Å². The first kappa shape index (κ1) is 26.2. The maximum atomic E-state index is 12.7. The van der Waals surface area contributed by atoms with Crippen LogP contribution in [-0.4, -0.2) is 62.0 Å². The lowest BCUT2D eigenvalue weighted by Crippen LogP contribution is -2.32. The number of amides is 2. The molecule has 0 aliphatic carbocycles. The molecular weight excluding hydrogens is 416 g/mol. The molecule has 2 aromatic carbocycles. The van der Waals surface area contributed by atoms with Crippen molar-refractivity contribution in [2.45, 2.75) is 46.0 Å². The fraction of sp³-hybridized carbons (Fsp3) is 0.481. The molecule has 2 rings (SSSR count). The van der Waals surface area contributed by atoms with Crippen LogP contribution >= 0.6 is 0 Å². The number of carbonyl (C=O) groups excluding carboxylic acids is 2. The number of hydrogen-bond acceptors (Lipinski definition) is 4. The Morgan fingerprint density at radius 3 is 1.24 bits per heavy atom. The molecule has 0 heterocycles. The summed E-state index contributed by atoms with van der Waals surface area (Å²) in [7, 11) is 3.24. The van der Waals surface area contributed by atoms with E-state index in [1.54, 1.807) is 14.2 Å². The number of ether oxygens (including phenoxy) is 2. The maximum absolute atomic E-state index is 12.7. The van der Waals surface area contributed by atoms with Gasteiger partial charge in [-0.1, -0.05) is 19.3 Å². The number of nitrogens with zero attached hydrogens (tertiary/aromatic N) is 2. The first-order valence-electron chi connectivity index (χ1n) is 11.9. The Hall–Kier alpha value is -3.02. The zero-order chi connectivity index (χ0) is 24.1. The van der Waals surface area contributed by atoms with E-state index in [2.05, 4.69) is 0 Å². The van der Waals surface area contributed by atoms with E-state index >= 15 is 0 Å². The number of methoxy groups -OCH3 is 2. The van der Waals surface area contributed by atoms with Crippen molar-refractivity contribution in [2.24, 2.45) is 0 Å². The van der Waals surface area contributed by atoms with Gasteiger partial charge in [0.2, 0.25) is 0 Å². The average molecular weight is 455 g/mol. The molecule has 33 heavy (non-hydrogen) atoms. The van der Waals surface area contributed by atoms with Crippen molar-refractivity contribution < 1.29 is 19.1 Å². The first-order chi connectivity index (χ1) is 16.0. The molecule has 0 saturated carbocycles. The predicted octanol–water partition coefficient (Wildman–Crippen LogP) is 5.28. The van der Waals surface area contributed by atoms with Gasteiger partial charge >= 0.3 is 0 Å². The van der Waals surface area contributed by atoms with Crippen molar-refractivity contribution in [1.82, 2.24) is 9.80 Å². The van der Waals surface area contributed by atoms with Crippen LogP contribution in [0.15, 0.2) is 48.5 Å². The van der Waals surface area contributed by atoms with Gasteiger partial charge in [-0.05, 0) is 75.2 Å². The number of hydrogen-bond donors (Lipinski definition) is 0. The summed E-state index contributed by atoms with van der Waals surface area (Å²) in [5.41, 5.74) is 1.39. The van der Waals surface area contributed by atoms with Gasteiger partial charge in [-0.3, -0.25) is 9.59 Å². The summed E-state index contributed by atoms with van der Waals surface area (Å²) in [4.78, 5) is 29.2. The molecule has 0 atom stereocenters. The third-order valence-electron chi connectivity index (χ3n) is 5.87. The monoisotopic (exact) mass is 454 g/mol. The molecule has 0 spiro atoms. The Balaban J connectivity index is 1.67. The zero-order valence-electron chi connectivity index (χ0n) is 20.5. The smallest absolute Gasteiger partial charge is 0.253 e. The van der Waals surface area contributed by atoms with Gasteiger partial charge in [0, 0.05) is 37.3 Å². The summed E-state index contributed by atoms with van der Waals surface area (Å²) >= 11 is 0. The minimum Gasteiger partial charge on any atom is -0.497 e. The van der Waals surface area contributed by atoms with Crippen molar-refractivity contribution in [3.05, 3.63) is 59.7 Å². The number of unbranched alkanes of at least 4 members (excludes halogenated alkanes) is 4. The summed E-state index contributed by atoms with van der Waals surface area (Å²) < 4.78 is 10.3. The second kappa shape index (κ2) is 14.2. The van der Waals surface area contributed by atoms with Gasteiger partial charge in [-0.2, -0.15) is 0 Å². The molecule has 6 nitrogen and oxygen atoms in total. The van der Waals surface area contributed by atoms with Crippen LogP contribution in [0.5, 0.6) is 11.5 Å². The largest absolute Gasteiger partial charge is 0.497 e. The Labute approximate surface area is 198 Å². The van der Waals surface area contributed by atoms with Gasteiger partial charge in [0.05, 0.1) is 14.2 Å². The van der Waals surface area contributed by atoms with Gasteiger partial charge in [-0.15, -0.1) is 0 Å². The topological polar surface area (TPSA) is 59.1 Å². The third kappa shape index (κ3) is 8.12. The lowest BCUT2D eigenvalue weighted by molar-refractivity contribution is 0.0756. The van der Waals surface area contributed by atoms with Gasteiger partial charge in [0.15, 0.2) is 0 Å². The van der Waals surface area contributed by atoms with Crippen LogP contribution in [0.3, 0.4) is 0 Å². The van der Waals surface area contributed by atoms with Crippen molar-refractivity contribution in [2.75, 3.05) is 40.4 Å². The molecule has 0 bridgehead atoms. The number of carbonyl (C=O) groups is 2. The minimum absolute atomic E-state index is 0.0655. The van der Waals surface area contributed by atoms with E-state index < -0.39 is 0 Å². The molecule has 0 N–H and O–H groups in total. The molecule has 2 amide bonds. The van der Waals surface area contributed by atoms with Crippen molar-refractivity contribution in [3.8, 4) is 11.5 Å². The summed E-state index contributed by atoms with van der Waals surface area (Å²) in [6, 6.07) is 14.5. The molecule has 0 aliphatic heterocycles. The highest BCUT2D eigenvalue weighted by atomic mass is 16.5. The molecule has 180 valence electrons. The summed E-state index contributed by atoms with van der Waals surface area (Å²) in [6.07, 6.45) is 5.22. The van der Waals surface area contributed by atoms with Crippen LogP contribution in [-0.2, 0) is 0 Å². The van der Waals surface area contributed by atoms with Gasteiger partial charge in [-0.25, -0.2) is 0 Å². The van der Waals surface area contributed by atoms with Crippen LogP contribution in [0.25, 0.3) is 0 Å². The molecule has 0 aromatic heterocycles. The fourth-order valence-corrected chi connectivity index (χ4v) is 3.77. The van der Waals surface area contributed by atoms with Gasteiger partial charge in [0.1, 0.15) is 11.5 Å². The number of benzene rings is 2. The molecule has 0 radical (unpaired) electrons. The van der Waals surface area contributed by atoms with E-state index in [1.807, 2.05) is 72.2 Å². The first-order valence-corrected chi connectivity index (χ1v) is 11.9. The molecule has 0 saturated heterocycles. The maximum Gasteiger partial charge on any atom is 0.253 e. The predicted molar refractivity (Wildman–Crippen MR) is 132 cm³/mol. The summed E-state index contributed by atoms with van der Waals surface area (Å²) in [5, 5.41) is 0. The van der Waals surface area contributed by atoms with Crippen molar-refractivity contribution in [1.29, 1.82) is 0 Å². The normalized spacial score (nSPS) is 10.5. The lowest BCUT2D eigenvalue weighted by atomic mass is 10.1. The Morgan fingerprint density at radius 1 is 0.606 bits per heavy atom. The van der Waals surface area contributed by atoms with Crippen LogP contribution in [0, 0.1) is 0 Å². The SMILES string of the molecule is CCN(CCCCCCCN(CC)C(=O)c1ccc(OC)cc1)C(=O)c1ccc(OC)cc1. The van der Waals surface area contributed by atoms with Crippen molar-refractivity contribution in [3.63, 3.8) is 0 Å². The van der Waals surface area contributed by atoms with Crippen LogP contribution in [0.4, 0.5) is 0 Å². The highest BCUT2D eigenvalue weighted by Crippen LogP contribution is 2.15. The van der Waals surface area contributed by atoms with Crippen LogP contribution in [0.1, 0.15) is 66.7 Å². The Kier molecular flexibility index (Phi) is 11.3. The van der Waals surface area contributed by atoms with E-state index in [0.29, 0.717) is 24.2 Å². The minimum atomic E-state index is 0.0655. The van der Waals surface area contributed by atoms with E-state index in [0.717, 1.165) is 56.7 Å². The quantitative estimate of drug-likeness (QED) is 0.365. The van der Waals surface area contributed by atoms with E-state index in [-0.39, 0.29) is 11.8 Å². The Morgan fingerprint density at radius 2 is 0.939 bits per heavy atom. The Bertz CT molecular complexity index is 778. The van der Waals surface area contributed by atoms with E-state index in [9.17, 15) is 9.59 Å². The third-order valence-corrected chi connectivity index (χ3v) is 5.87.